The summed E-state index contributed by atoms with van der Waals surface area (Å²) >= 11 is 0. The third-order valence-corrected chi connectivity index (χ3v) is 2.64. The molecule has 0 bridgehead atoms. The van der Waals surface area contributed by atoms with Gasteiger partial charge in [-0.15, -0.1) is 0 Å². The van der Waals surface area contributed by atoms with Crippen LogP contribution in [0.15, 0.2) is 0 Å². The zero-order chi connectivity index (χ0) is 16.3. The van der Waals surface area contributed by atoms with Crippen LogP contribution in [-0.4, -0.2) is 77.5 Å². The molecule has 0 saturated heterocycles. The molecule has 0 radical (unpaired) electrons. The number of carbonyl (C=O) groups is 2. The molecule has 0 aliphatic heterocycles. The van der Waals surface area contributed by atoms with Crippen LogP contribution in [0.4, 0.5) is 0 Å². The second kappa shape index (κ2) is 10.5. The van der Waals surface area contributed by atoms with Crippen molar-refractivity contribution in [3.8, 4) is 0 Å². The summed E-state index contributed by atoms with van der Waals surface area (Å²) in [7, 11) is 4.56. The summed E-state index contributed by atoms with van der Waals surface area (Å²) in [6.07, 6.45) is -1.10. The van der Waals surface area contributed by atoms with Crippen LogP contribution in [0.3, 0.4) is 0 Å². The van der Waals surface area contributed by atoms with Crippen molar-refractivity contribution in [1.82, 2.24) is 0 Å². The van der Waals surface area contributed by atoms with Crippen molar-refractivity contribution in [1.29, 1.82) is 0 Å². The molecule has 0 aliphatic carbocycles. The molecule has 1 atom stereocenters. The summed E-state index contributed by atoms with van der Waals surface area (Å²) in [6.45, 7) is 1.37. The Morgan fingerprint density at radius 3 is 1.86 bits per heavy atom. The Balaban J connectivity index is 4.57. The Hall–Kier alpha value is -1.22. The predicted octanol–water partition coefficient (Wildman–Crippen LogP) is -0.621. The third-order valence-electron chi connectivity index (χ3n) is 2.64. The average Bonchev–Trinajstić information content (AvgIpc) is 2.45. The van der Waals surface area contributed by atoms with Gasteiger partial charge < -0.3 is 28.8 Å². The second-order valence-electron chi connectivity index (χ2n) is 4.70. The Bertz CT molecular complexity index is 300. The quantitative estimate of drug-likeness (QED) is 0.504. The summed E-state index contributed by atoms with van der Waals surface area (Å²) in [5, 5.41) is 8.56. The van der Waals surface area contributed by atoms with E-state index < -0.39 is 30.1 Å². The Kier molecular flexibility index (Phi) is 9.89. The van der Waals surface area contributed by atoms with E-state index in [0.29, 0.717) is 0 Å². The summed E-state index contributed by atoms with van der Waals surface area (Å²) in [6, 6.07) is 0. The number of methoxy groups -OCH3 is 3. The van der Waals surface area contributed by atoms with Gasteiger partial charge in [0.15, 0.2) is 6.10 Å². The lowest BCUT2D eigenvalue weighted by Crippen LogP contribution is -2.42. The van der Waals surface area contributed by atoms with Crippen LogP contribution in [-0.2, 0) is 33.3 Å². The molecule has 0 aliphatic rings. The first-order valence-corrected chi connectivity index (χ1v) is 6.38. The lowest BCUT2D eigenvalue weighted by Gasteiger charge is -2.31. The molecule has 8 heteroatoms. The minimum atomic E-state index is -1.10. The summed E-state index contributed by atoms with van der Waals surface area (Å²) in [4.78, 5) is 22.6. The Labute approximate surface area is 124 Å². The number of aliphatic hydroxyl groups excluding tert-OH is 1. The molecular formula is C13H24O8. The van der Waals surface area contributed by atoms with Crippen LogP contribution >= 0.6 is 0 Å². The lowest BCUT2D eigenvalue weighted by atomic mass is 9.92. The highest BCUT2D eigenvalue weighted by Crippen LogP contribution is 2.20. The molecule has 0 heterocycles. The number of hydrogen-bond donors (Lipinski definition) is 1. The van der Waals surface area contributed by atoms with E-state index in [-0.39, 0.29) is 26.4 Å². The van der Waals surface area contributed by atoms with E-state index in [2.05, 4.69) is 4.74 Å². The molecule has 8 nitrogen and oxygen atoms in total. The fourth-order valence-corrected chi connectivity index (χ4v) is 1.79. The van der Waals surface area contributed by atoms with Crippen molar-refractivity contribution in [2.75, 3.05) is 54.4 Å². The van der Waals surface area contributed by atoms with Crippen molar-refractivity contribution in [3.63, 3.8) is 0 Å². The average molecular weight is 308 g/mol. The normalized spacial score (nSPS) is 12.8. The van der Waals surface area contributed by atoms with Gasteiger partial charge in [0.25, 0.3) is 0 Å². The molecule has 21 heavy (non-hydrogen) atoms. The molecule has 0 aromatic rings. The monoisotopic (exact) mass is 308 g/mol. The predicted molar refractivity (Wildman–Crippen MR) is 71.7 cm³/mol. The lowest BCUT2D eigenvalue weighted by molar-refractivity contribution is -0.173. The van der Waals surface area contributed by atoms with Crippen LogP contribution in [0.5, 0.6) is 0 Å². The van der Waals surface area contributed by atoms with E-state index in [4.69, 9.17) is 24.1 Å². The van der Waals surface area contributed by atoms with Gasteiger partial charge >= 0.3 is 11.9 Å². The summed E-state index contributed by atoms with van der Waals surface area (Å²) in [5.41, 5.74) is -0.644. The van der Waals surface area contributed by atoms with Gasteiger partial charge in [0, 0.05) is 21.3 Å². The molecule has 0 fully saturated rings. The zero-order valence-corrected chi connectivity index (χ0v) is 12.9. The first-order chi connectivity index (χ1) is 9.94. The van der Waals surface area contributed by atoms with Crippen molar-refractivity contribution in [3.05, 3.63) is 0 Å². The largest absolute Gasteiger partial charge is 0.462 e. The number of aliphatic hydroxyl groups is 1. The minimum absolute atomic E-state index is 0.0115. The van der Waals surface area contributed by atoms with Crippen LogP contribution in [0.25, 0.3) is 0 Å². The number of rotatable bonds is 11. The summed E-state index contributed by atoms with van der Waals surface area (Å²) in [5.74, 6) is -1.61. The van der Waals surface area contributed by atoms with E-state index in [1.54, 1.807) is 0 Å². The summed E-state index contributed by atoms with van der Waals surface area (Å²) < 4.78 is 25.1. The van der Waals surface area contributed by atoms with Gasteiger partial charge in [-0.05, 0) is 6.92 Å². The Morgan fingerprint density at radius 1 is 1.00 bits per heavy atom. The molecule has 124 valence electrons. The van der Waals surface area contributed by atoms with Crippen LogP contribution < -0.4 is 0 Å². The molecule has 0 spiro atoms. The SMILES string of the molecule is COCC(COC)(COC)COC(=O)C(C)OC(=O)CO. The highest BCUT2D eigenvalue weighted by atomic mass is 16.6. The van der Waals surface area contributed by atoms with Crippen LogP contribution in [0.2, 0.25) is 0 Å². The number of hydrogen-bond acceptors (Lipinski definition) is 8. The highest BCUT2D eigenvalue weighted by Gasteiger charge is 2.33. The molecule has 1 unspecified atom stereocenters. The van der Waals surface area contributed by atoms with Crippen molar-refractivity contribution < 1.29 is 38.4 Å². The van der Waals surface area contributed by atoms with Crippen molar-refractivity contribution in [2.45, 2.75) is 13.0 Å². The molecule has 0 amide bonds. The van der Waals surface area contributed by atoms with Gasteiger partial charge in [-0.2, -0.15) is 0 Å². The van der Waals surface area contributed by atoms with E-state index in [1.165, 1.54) is 28.3 Å². The second-order valence-corrected chi connectivity index (χ2v) is 4.70. The van der Waals surface area contributed by atoms with Crippen LogP contribution in [0, 0.1) is 5.41 Å². The maximum Gasteiger partial charge on any atom is 0.347 e. The first-order valence-electron chi connectivity index (χ1n) is 6.38. The number of ether oxygens (including phenoxy) is 5. The zero-order valence-electron chi connectivity index (χ0n) is 12.9. The maximum absolute atomic E-state index is 11.8. The van der Waals surface area contributed by atoms with Gasteiger partial charge in [-0.3, -0.25) is 0 Å². The maximum atomic E-state index is 11.8. The van der Waals surface area contributed by atoms with E-state index in [0.717, 1.165) is 0 Å². The molecule has 1 N–H and O–H groups in total. The van der Waals surface area contributed by atoms with Gasteiger partial charge in [0.2, 0.25) is 0 Å². The van der Waals surface area contributed by atoms with Crippen LogP contribution in [0.1, 0.15) is 6.92 Å². The Morgan fingerprint density at radius 2 is 1.48 bits per heavy atom. The van der Waals surface area contributed by atoms with Crippen molar-refractivity contribution in [2.24, 2.45) is 5.41 Å². The molecule has 0 rings (SSSR count). The molecular weight excluding hydrogens is 284 g/mol. The number of esters is 2. The standard InChI is InChI=1S/C13H24O8/c1-10(21-11(15)5-14)12(16)20-9-13(6-17-2,7-18-3)8-19-4/h10,14H,5-9H2,1-4H3. The number of carbonyl (C=O) groups excluding carboxylic acids is 2. The van der Waals surface area contributed by atoms with Crippen molar-refractivity contribution >= 4 is 11.9 Å². The molecule has 0 aromatic heterocycles. The smallest absolute Gasteiger partial charge is 0.347 e. The third kappa shape index (κ3) is 7.37. The minimum Gasteiger partial charge on any atom is -0.462 e. The fraction of sp³-hybridized carbons (Fsp3) is 0.846. The van der Waals surface area contributed by atoms with E-state index >= 15 is 0 Å². The van der Waals surface area contributed by atoms with Gasteiger partial charge in [-0.25, -0.2) is 9.59 Å². The van der Waals surface area contributed by atoms with Gasteiger partial charge in [0.05, 0.1) is 25.2 Å². The topological polar surface area (TPSA) is 101 Å². The van der Waals surface area contributed by atoms with Gasteiger partial charge in [0.1, 0.15) is 13.2 Å². The van der Waals surface area contributed by atoms with E-state index in [1.807, 2.05) is 0 Å². The first kappa shape index (κ1) is 19.8. The molecule has 0 saturated carbocycles. The van der Waals surface area contributed by atoms with E-state index in [9.17, 15) is 9.59 Å². The van der Waals surface area contributed by atoms with Gasteiger partial charge in [-0.1, -0.05) is 0 Å². The fourth-order valence-electron chi connectivity index (χ4n) is 1.79. The molecule has 0 aromatic carbocycles. The highest BCUT2D eigenvalue weighted by molar-refractivity contribution is 5.79.